The van der Waals surface area contributed by atoms with Gasteiger partial charge in [0, 0.05) is 11.3 Å². The molecule has 0 bridgehead atoms. The molecule has 1 heterocycles. The van der Waals surface area contributed by atoms with Crippen LogP contribution in [0.25, 0.3) is 0 Å². The molecule has 2 N–H and O–H groups in total. The van der Waals surface area contributed by atoms with Gasteiger partial charge in [-0.25, -0.2) is 14.4 Å². The zero-order valence-electron chi connectivity index (χ0n) is 12.0. The van der Waals surface area contributed by atoms with Gasteiger partial charge in [-0.2, -0.15) is 0 Å². The van der Waals surface area contributed by atoms with Gasteiger partial charge < -0.3 is 5.73 Å². The Morgan fingerprint density at radius 3 is 2.38 bits per heavy atom. The fourth-order valence-corrected chi connectivity index (χ4v) is 2.89. The predicted molar refractivity (Wildman–Crippen MR) is 84.6 cm³/mol. The Morgan fingerprint density at radius 1 is 1.19 bits per heavy atom. The predicted octanol–water partition coefficient (Wildman–Crippen LogP) is 4.16. The van der Waals surface area contributed by atoms with Crippen LogP contribution in [0, 0.1) is 5.82 Å². The van der Waals surface area contributed by atoms with E-state index in [1.165, 1.54) is 12.1 Å². The molecule has 1 fully saturated rings. The summed E-state index contributed by atoms with van der Waals surface area (Å²) in [6, 6.07) is 6.46. The van der Waals surface area contributed by atoms with Gasteiger partial charge >= 0.3 is 0 Å². The van der Waals surface area contributed by atoms with E-state index in [0.717, 1.165) is 28.6 Å². The molecule has 110 valence electrons. The number of halogens is 2. The number of nitrogens with two attached hydrogens (primary N) is 1. The third-order valence-corrected chi connectivity index (χ3v) is 4.80. The fraction of sp³-hybridized carbons (Fsp3) is 0.375. The summed E-state index contributed by atoms with van der Waals surface area (Å²) in [5, 5.41) is 0. The van der Waals surface area contributed by atoms with Gasteiger partial charge in [0.05, 0.1) is 10.2 Å². The van der Waals surface area contributed by atoms with Crippen molar-refractivity contribution in [1.29, 1.82) is 0 Å². The van der Waals surface area contributed by atoms with Gasteiger partial charge in [-0.05, 0) is 60.3 Å². The van der Waals surface area contributed by atoms with Crippen LogP contribution in [-0.4, -0.2) is 9.97 Å². The first-order valence-electron chi connectivity index (χ1n) is 6.99. The molecule has 1 saturated carbocycles. The highest BCUT2D eigenvalue weighted by atomic mass is 79.9. The SMILES string of the molecule is CC(C)(c1ccc(F)cc1)c1nc(N)c(Br)c(C2CC2)n1. The summed E-state index contributed by atoms with van der Waals surface area (Å²) in [6.45, 7) is 4.05. The highest BCUT2D eigenvalue weighted by Gasteiger charge is 2.33. The van der Waals surface area contributed by atoms with Crippen molar-refractivity contribution >= 4 is 21.7 Å². The highest BCUT2D eigenvalue weighted by molar-refractivity contribution is 9.10. The van der Waals surface area contributed by atoms with Crippen molar-refractivity contribution in [3.8, 4) is 0 Å². The summed E-state index contributed by atoms with van der Waals surface area (Å²) in [4.78, 5) is 9.17. The van der Waals surface area contributed by atoms with Crippen LogP contribution < -0.4 is 5.73 Å². The lowest BCUT2D eigenvalue weighted by Crippen LogP contribution is -2.24. The number of nitrogens with zero attached hydrogens (tertiary/aromatic N) is 2. The van der Waals surface area contributed by atoms with Gasteiger partial charge in [-0.15, -0.1) is 0 Å². The molecule has 21 heavy (non-hydrogen) atoms. The van der Waals surface area contributed by atoms with E-state index in [2.05, 4.69) is 20.9 Å². The quantitative estimate of drug-likeness (QED) is 0.904. The summed E-state index contributed by atoms with van der Waals surface area (Å²) < 4.78 is 13.9. The third kappa shape index (κ3) is 2.67. The van der Waals surface area contributed by atoms with Crippen molar-refractivity contribution in [2.75, 3.05) is 5.73 Å². The summed E-state index contributed by atoms with van der Waals surface area (Å²) >= 11 is 3.49. The van der Waals surface area contributed by atoms with Crippen molar-refractivity contribution in [3.05, 3.63) is 51.6 Å². The average molecular weight is 350 g/mol. The molecule has 3 nitrogen and oxygen atoms in total. The molecule has 3 rings (SSSR count). The van der Waals surface area contributed by atoms with Gasteiger partial charge in [0.2, 0.25) is 0 Å². The Morgan fingerprint density at radius 2 is 1.81 bits per heavy atom. The van der Waals surface area contributed by atoms with Crippen molar-refractivity contribution in [2.45, 2.75) is 38.0 Å². The van der Waals surface area contributed by atoms with Crippen LogP contribution in [0.15, 0.2) is 28.7 Å². The zero-order chi connectivity index (χ0) is 15.2. The van der Waals surface area contributed by atoms with E-state index in [0.29, 0.717) is 17.6 Å². The van der Waals surface area contributed by atoms with E-state index < -0.39 is 5.41 Å². The molecule has 5 heteroatoms. The molecular formula is C16H17BrFN3. The second kappa shape index (κ2) is 5.05. The van der Waals surface area contributed by atoms with E-state index in [9.17, 15) is 4.39 Å². The minimum Gasteiger partial charge on any atom is -0.383 e. The molecule has 1 aromatic carbocycles. The number of hydrogen-bond donors (Lipinski definition) is 1. The van der Waals surface area contributed by atoms with E-state index in [1.54, 1.807) is 12.1 Å². The lowest BCUT2D eigenvalue weighted by molar-refractivity contribution is 0.579. The fourth-order valence-electron chi connectivity index (χ4n) is 2.38. The normalized spacial score (nSPS) is 15.2. The van der Waals surface area contributed by atoms with E-state index in [1.807, 2.05) is 13.8 Å². The second-order valence-corrected chi connectivity index (χ2v) is 6.83. The van der Waals surface area contributed by atoms with Crippen molar-refractivity contribution in [3.63, 3.8) is 0 Å². The number of benzene rings is 1. The molecule has 2 aromatic rings. The number of nitrogen functional groups attached to an aromatic ring is 1. The minimum atomic E-state index is -0.424. The van der Waals surface area contributed by atoms with E-state index >= 15 is 0 Å². The Balaban J connectivity index is 2.07. The van der Waals surface area contributed by atoms with Crippen molar-refractivity contribution < 1.29 is 4.39 Å². The van der Waals surface area contributed by atoms with Crippen LogP contribution in [0.3, 0.4) is 0 Å². The largest absolute Gasteiger partial charge is 0.383 e. The lowest BCUT2D eigenvalue weighted by atomic mass is 9.83. The molecule has 0 atom stereocenters. The standard InChI is InChI=1S/C16H17BrFN3/c1-16(2,10-5-7-11(18)8-6-10)15-20-13(9-3-4-9)12(17)14(19)21-15/h5-9H,3-4H2,1-2H3,(H2,19,20,21). The molecule has 1 aliphatic carbocycles. The van der Waals surface area contributed by atoms with Crippen LogP contribution in [-0.2, 0) is 5.41 Å². The van der Waals surface area contributed by atoms with Gasteiger partial charge in [0.15, 0.2) is 0 Å². The zero-order valence-corrected chi connectivity index (χ0v) is 13.6. The summed E-state index contributed by atoms with van der Waals surface area (Å²) in [7, 11) is 0. The molecule has 1 aromatic heterocycles. The number of hydrogen-bond acceptors (Lipinski definition) is 3. The highest BCUT2D eigenvalue weighted by Crippen LogP contribution is 2.44. The van der Waals surface area contributed by atoms with Crippen molar-refractivity contribution in [2.24, 2.45) is 0 Å². The van der Waals surface area contributed by atoms with Gasteiger partial charge in [-0.1, -0.05) is 12.1 Å². The number of aromatic nitrogens is 2. The smallest absolute Gasteiger partial charge is 0.141 e. The van der Waals surface area contributed by atoms with Crippen molar-refractivity contribution in [1.82, 2.24) is 9.97 Å². The monoisotopic (exact) mass is 349 g/mol. The second-order valence-electron chi connectivity index (χ2n) is 6.04. The van der Waals surface area contributed by atoms with Crippen LogP contribution >= 0.6 is 15.9 Å². The number of rotatable bonds is 3. The molecule has 0 spiro atoms. The molecule has 0 radical (unpaired) electrons. The summed E-state index contributed by atoms with van der Waals surface area (Å²) in [6.07, 6.45) is 2.29. The Kier molecular flexibility index (Phi) is 3.48. The van der Waals surface area contributed by atoms with Crippen LogP contribution in [0.4, 0.5) is 10.2 Å². The summed E-state index contributed by atoms with van der Waals surface area (Å²) in [5.74, 6) is 1.38. The van der Waals surface area contributed by atoms with Crippen LogP contribution in [0.1, 0.15) is 49.7 Å². The molecule has 0 amide bonds. The molecule has 1 aliphatic rings. The Hall–Kier alpha value is -1.49. The maximum Gasteiger partial charge on any atom is 0.141 e. The van der Waals surface area contributed by atoms with Gasteiger partial charge in [-0.3, -0.25) is 0 Å². The molecule has 0 saturated heterocycles. The van der Waals surface area contributed by atoms with Gasteiger partial charge in [0.25, 0.3) is 0 Å². The third-order valence-electron chi connectivity index (χ3n) is 3.99. The Labute approximate surface area is 131 Å². The first kappa shape index (κ1) is 14.4. The maximum absolute atomic E-state index is 13.1. The summed E-state index contributed by atoms with van der Waals surface area (Å²) in [5.41, 5.74) is 7.56. The minimum absolute atomic E-state index is 0.246. The molecule has 0 aliphatic heterocycles. The molecule has 0 unspecified atom stereocenters. The average Bonchev–Trinajstić information content (AvgIpc) is 3.26. The van der Waals surface area contributed by atoms with Crippen LogP contribution in [0.5, 0.6) is 0 Å². The van der Waals surface area contributed by atoms with E-state index in [4.69, 9.17) is 10.7 Å². The Bertz CT molecular complexity index is 679. The van der Waals surface area contributed by atoms with Gasteiger partial charge in [0.1, 0.15) is 17.5 Å². The molecular weight excluding hydrogens is 333 g/mol. The van der Waals surface area contributed by atoms with E-state index in [-0.39, 0.29) is 5.82 Å². The topological polar surface area (TPSA) is 51.8 Å². The lowest BCUT2D eigenvalue weighted by Gasteiger charge is -2.25. The maximum atomic E-state index is 13.1. The number of anilines is 1. The first-order valence-corrected chi connectivity index (χ1v) is 7.78. The first-order chi connectivity index (χ1) is 9.89. The van der Waals surface area contributed by atoms with Crippen LogP contribution in [0.2, 0.25) is 0 Å².